The molecule has 210 valence electrons. The minimum Gasteiger partial charge on any atom is -0.508 e. The maximum atomic E-state index is 13.8. The molecule has 1 fully saturated rings. The molecule has 0 spiro atoms. The number of nitrogens with zero attached hydrogens (tertiary/aromatic N) is 4. The number of hydrazine groups is 1. The summed E-state index contributed by atoms with van der Waals surface area (Å²) in [5.74, 6) is 4.31. The summed E-state index contributed by atoms with van der Waals surface area (Å²) in [5.41, 5.74) is 1.64. The lowest BCUT2D eigenvalue weighted by atomic mass is 10.0. The number of aromatic hydroxyl groups is 1. The first-order valence-corrected chi connectivity index (χ1v) is 12.9. The van der Waals surface area contributed by atoms with Gasteiger partial charge in [0.05, 0.1) is 19.7 Å². The van der Waals surface area contributed by atoms with Crippen molar-refractivity contribution in [1.29, 1.82) is 0 Å². The number of likely N-dealkylation sites (N-methyl/N-ethyl adjacent to an activating group) is 1. The molecule has 0 radical (unpaired) electrons. The fourth-order valence-electron chi connectivity index (χ4n) is 4.56. The largest absolute Gasteiger partial charge is 0.508 e. The highest BCUT2D eigenvalue weighted by atomic mass is 16.5. The van der Waals surface area contributed by atoms with E-state index in [-0.39, 0.29) is 63.4 Å². The van der Waals surface area contributed by atoms with Gasteiger partial charge in [0.25, 0.3) is 0 Å². The smallest absolute Gasteiger partial charge is 0.334 e. The Kier molecular flexibility index (Phi) is 11.0. The summed E-state index contributed by atoms with van der Waals surface area (Å²) in [6, 6.07) is 14.5. The molecule has 0 saturated carbocycles. The molecule has 1 heterocycles. The van der Waals surface area contributed by atoms with Crippen molar-refractivity contribution in [3.05, 3.63) is 65.7 Å². The van der Waals surface area contributed by atoms with E-state index in [0.717, 1.165) is 11.1 Å². The number of hydrogen-bond donors (Lipinski definition) is 2. The van der Waals surface area contributed by atoms with Gasteiger partial charge in [-0.15, -0.1) is 12.8 Å². The fourth-order valence-corrected chi connectivity index (χ4v) is 4.56. The average Bonchev–Trinajstić information content (AvgIpc) is 2.94. The first-order chi connectivity index (χ1) is 19.3. The SMILES string of the molecule is C#CCOCCN(C)C(=O)[C@H](Cc1ccc(O)cc1)N1C(=O)CN(CC#C)N(C(=O)NCc2ccccc2)[C@H]1C. The number of rotatable bonds is 11. The van der Waals surface area contributed by atoms with Gasteiger partial charge in [-0.2, -0.15) is 5.01 Å². The molecule has 4 amide bonds. The lowest BCUT2D eigenvalue weighted by Crippen LogP contribution is -2.70. The molecule has 0 aliphatic carbocycles. The minimum absolute atomic E-state index is 0.0334. The average molecular weight is 546 g/mol. The molecule has 2 aromatic rings. The number of amides is 4. The predicted molar refractivity (Wildman–Crippen MR) is 150 cm³/mol. The van der Waals surface area contributed by atoms with Crippen LogP contribution in [0, 0.1) is 24.7 Å². The van der Waals surface area contributed by atoms with Crippen LogP contribution in [0.1, 0.15) is 18.1 Å². The maximum Gasteiger partial charge on any atom is 0.334 e. The summed E-state index contributed by atoms with van der Waals surface area (Å²) in [4.78, 5) is 43.7. The Bertz CT molecular complexity index is 1240. The molecule has 0 bridgehead atoms. The van der Waals surface area contributed by atoms with E-state index in [4.69, 9.17) is 17.6 Å². The summed E-state index contributed by atoms with van der Waals surface area (Å²) in [7, 11) is 1.62. The van der Waals surface area contributed by atoms with Crippen LogP contribution in [0.5, 0.6) is 5.75 Å². The van der Waals surface area contributed by atoms with Gasteiger partial charge in [-0.1, -0.05) is 54.3 Å². The molecule has 1 aliphatic rings. The van der Waals surface area contributed by atoms with Crippen LogP contribution in [0.3, 0.4) is 0 Å². The number of carbonyl (C=O) groups is 3. The molecule has 2 atom stereocenters. The molecule has 10 heteroatoms. The van der Waals surface area contributed by atoms with Crippen molar-refractivity contribution in [3.63, 3.8) is 0 Å². The summed E-state index contributed by atoms with van der Waals surface area (Å²) >= 11 is 0. The first-order valence-electron chi connectivity index (χ1n) is 12.9. The number of terminal acetylenes is 2. The van der Waals surface area contributed by atoms with Crippen LogP contribution in [0.15, 0.2) is 54.6 Å². The highest BCUT2D eigenvalue weighted by Gasteiger charge is 2.44. The summed E-state index contributed by atoms with van der Waals surface area (Å²) in [5, 5.41) is 15.5. The molecule has 40 heavy (non-hydrogen) atoms. The highest BCUT2D eigenvalue weighted by molar-refractivity contribution is 5.90. The standard InChI is InChI=1S/C30H35N5O5/c1-5-16-33-22-28(37)34(23(3)35(33)30(39)31-21-25-10-8-7-9-11-25)27(20-24-12-14-26(36)15-13-24)29(38)32(4)17-19-40-18-6-2/h1-2,7-15,23,27,36H,16-22H2,3-4H3,(H,31,39)/t23-,27-/m0/s1. The molecule has 10 nitrogen and oxygen atoms in total. The quantitative estimate of drug-likeness (QED) is 0.329. The van der Waals surface area contributed by atoms with Crippen molar-refractivity contribution >= 4 is 17.8 Å². The van der Waals surface area contributed by atoms with Crippen molar-refractivity contribution < 1.29 is 24.2 Å². The molecule has 2 N–H and O–H groups in total. The minimum atomic E-state index is -0.943. The molecule has 0 unspecified atom stereocenters. The van der Waals surface area contributed by atoms with Gasteiger partial charge in [0, 0.05) is 26.6 Å². The topological polar surface area (TPSA) is 106 Å². The number of carbonyl (C=O) groups excluding carboxylic acids is 3. The zero-order chi connectivity index (χ0) is 29.1. The van der Waals surface area contributed by atoms with E-state index < -0.39 is 18.2 Å². The van der Waals surface area contributed by atoms with Crippen molar-refractivity contribution in [1.82, 2.24) is 25.1 Å². The normalized spacial score (nSPS) is 16.1. The Morgan fingerprint density at radius 3 is 2.48 bits per heavy atom. The first kappa shape index (κ1) is 30.0. The van der Waals surface area contributed by atoms with E-state index in [9.17, 15) is 19.5 Å². The fraction of sp³-hybridized carbons (Fsp3) is 0.367. The van der Waals surface area contributed by atoms with E-state index in [2.05, 4.69) is 17.2 Å². The van der Waals surface area contributed by atoms with Gasteiger partial charge in [-0.25, -0.2) is 9.80 Å². The molecule has 0 aromatic heterocycles. The van der Waals surface area contributed by atoms with Crippen molar-refractivity contribution in [2.75, 3.05) is 39.9 Å². The van der Waals surface area contributed by atoms with Crippen LogP contribution in [-0.4, -0.2) is 94.9 Å². The highest BCUT2D eigenvalue weighted by Crippen LogP contribution is 2.24. The zero-order valence-electron chi connectivity index (χ0n) is 22.8. The van der Waals surface area contributed by atoms with E-state index >= 15 is 0 Å². The van der Waals surface area contributed by atoms with Gasteiger partial charge >= 0.3 is 6.03 Å². The zero-order valence-corrected chi connectivity index (χ0v) is 22.8. The second kappa shape index (κ2) is 14.6. The van der Waals surface area contributed by atoms with E-state index in [1.807, 2.05) is 30.3 Å². The summed E-state index contributed by atoms with van der Waals surface area (Å²) in [6.45, 7) is 2.43. The van der Waals surface area contributed by atoms with Gasteiger partial charge in [0.15, 0.2) is 0 Å². The third kappa shape index (κ3) is 7.76. The molecular weight excluding hydrogens is 510 g/mol. The number of benzene rings is 2. The van der Waals surface area contributed by atoms with Crippen molar-refractivity contribution in [2.24, 2.45) is 0 Å². The second-order valence-corrected chi connectivity index (χ2v) is 9.35. The molecule has 3 rings (SSSR count). The Morgan fingerprint density at radius 1 is 1.12 bits per heavy atom. The Balaban J connectivity index is 1.89. The van der Waals surface area contributed by atoms with E-state index in [1.165, 1.54) is 32.0 Å². The number of nitrogens with one attached hydrogen (secondary N) is 1. The monoisotopic (exact) mass is 545 g/mol. The van der Waals surface area contributed by atoms with E-state index in [1.54, 1.807) is 26.1 Å². The number of urea groups is 1. The number of ether oxygens (including phenoxy) is 1. The van der Waals surface area contributed by atoms with E-state index in [0.29, 0.717) is 0 Å². The van der Waals surface area contributed by atoms with Gasteiger partial charge in [-0.3, -0.25) is 9.59 Å². The van der Waals surface area contributed by atoms with Crippen molar-refractivity contribution in [2.45, 2.75) is 32.1 Å². The van der Waals surface area contributed by atoms with Gasteiger partial charge < -0.3 is 25.0 Å². The number of hydrogen-bond acceptors (Lipinski definition) is 6. The van der Waals surface area contributed by atoms with Crippen LogP contribution in [0.4, 0.5) is 4.79 Å². The maximum absolute atomic E-state index is 13.8. The molecule has 1 saturated heterocycles. The second-order valence-electron chi connectivity index (χ2n) is 9.35. The van der Waals surface area contributed by atoms with Crippen LogP contribution in [-0.2, 0) is 27.3 Å². The number of phenolic OH excluding ortho intramolecular Hbond substituents is 1. The number of phenols is 1. The van der Waals surface area contributed by atoms with Crippen LogP contribution in [0.2, 0.25) is 0 Å². The van der Waals surface area contributed by atoms with Crippen LogP contribution >= 0.6 is 0 Å². The lowest BCUT2D eigenvalue weighted by Gasteiger charge is -2.49. The Labute approximate surface area is 235 Å². The van der Waals surface area contributed by atoms with Crippen molar-refractivity contribution in [3.8, 4) is 30.4 Å². The Hall–Kier alpha value is -4.51. The van der Waals surface area contributed by atoms with Gasteiger partial charge in [0.2, 0.25) is 11.8 Å². The summed E-state index contributed by atoms with van der Waals surface area (Å²) in [6.07, 6.45) is 10.1. The predicted octanol–water partition coefficient (Wildman–Crippen LogP) is 1.66. The molecule has 2 aromatic carbocycles. The van der Waals surface area contributed by atoms with Crippen LogP contribution < -0.4 is 5.32 Å². The molecular formula is C30H35N5O5. The van der Waals surface area contributed by atoms with Crippen LogP contribution in [0.25, 0.3) is 0 Å². The lowest BCUT2D eigenvalue weighted by molar-refractivity contribution is -0.173. The third-order valence-electron chi connectivity index (χ3n) is 6.55. The van der Waals surface area contributed by atoms with Gasteiger partial charge in [-0.05, 0) is 30.2 Å². The third-order valence-corrected chi connectivity index (χ3v) is 6.55. The summed E-state index contributed by atoms with van der Waals surface area (Å²) < 4.78 is 5.33. The van der Waals surface area contributed by atoms with Gasteiger partial charge in [0.1, 0.15) is 24.6 Å². The Morgan fingerprint density at radius 2 is 1.82 bits per heavy atom. The molecule has 1 aliphatic heterocycles.